The van der Waals surface area contributed by atoms with Crippen molar-refractivity contribution in [3.8, 4) is 11.3 Å². The molecule has 13 heteroatoms. The van der Waals surface area contributed by atoms with Crippen molar-refractivity contribution in [1.82, 2.24) is 15.0 Å². The Morgan fingerprint density at radius 2 is 2.02 bits per heavy atom. The fourth-order valence-corrected chi connectivity index (χ4v) is 6.36. The SMILES string of the molecule is COC1C(C(=O)N(c2cccc(Br)c2)[C@H]2CCCC[C@@H]2O)OC(CO)C(O)C1n1cc(-c2cc(F)cc(Cl)c2)nn1. The third kappa shape index (κ3) is 6.19. The molecule has 2 aromatic carbocycles. The lowest BCUT2D eigenvalue weighted by atomic mass is 9.88. The van der Waals surface area contributed by atoms with Crippen LogP contribution in [0.25, 0.3) is 11.3 Å². The van der Waals surface area contributed by atoms with E-state index in [4.69, 9.17) is 21.1 Å². The molecule has 7 atom stereocenters. The second-order valence-electron chi connectivity index (χ2n) is 10.3. The quantitative estimate of drug-likeness (QED) is 0.353. The van der Waals surface area contributed by atoms with Gasteiger partial charge in [-0.25, -0.2) is 9.07 Å². The maximum Gasteiger partial charge on any atom is 0.259 e. The summed E-state index contributed by atoms with van der Waals surface area (Å²) >= 11 is 9.48. The predicted octanol–water partition coefficient (Wildman–Crippen LogP) is 3.51. The Morgan fingerprint density at radius 1 is 1.24 bits per heavy atom. The van der Waals surface area contributed by atoms with Crippen LogP contribution in [0.4, 0.5) is 10.1 Å². The first-order valence-electron chi connectivity index (χ1n) is 13.3. The second kappa shape index (κ2) is 12.8. The lowest BCUT2D eigenvalue weighted by Gasteiger charge is -2.46. The largest absolute Gasteiger partial charge is 0.394 e. The van der Waals surface area contributed by atoms with Crippen LogP contribution >= 0.6 is 27.5 Å². The van der Waals surface area contributed by atoms with Gasteiger partial charge in [-0.15, -0.1) is 5.10 Å². The van der Waals surface area contributed by atoms with Crippen LogP contribution in [0.15, 0.2) is 53.1 Å². The van der Waals surface area contributed by atoms with Crippen LogP contribution in [-0.2, 0) is 14.3 Å². The van der Waals surface area contributed by atoms with Gasteiger partial charge >= 0.3 is 0 Å². The number of hydrogen-bond acceptors (Lipinski definition) is 8. The number of methoxy groups -OCH3 is 1. The third-order valence-corrected chi connectivity index (χ3v) is 8.42. The highest BCUT2D eigenvalue weighted by molar-refractivity contribution is 9.10. The van der Waals surface area contributed by atoms with E-state index in [-0.39, 0.29) is 10.7 Å². The van der Waals surface area contributed by atoms with E-state index in [1.807, 2.05) is 6.07 Å². The minimum Gasteiger partial charge on any atom is -0.394 e. The normalized spacial score (nSPS) is 28.4. The average Bonchev–Trinajstić information content (AvgIpc) is 3.43. The molecule has 1 amide bonds. The molecule has 1 saturated heterocycles. The van der Waals surface area contributed by atoms with Gasteiger partial charge in [-0.1, -0.05) is 51.7 Å². The lowest BCUT2D eigenvalue weighted by molar-refractivity contribution is -0.211. The van der Waals surface area contributed by atoms with E-state index in [9.17, 15) is 24.5 Å². The van der Waals surface area contributed by atoms with E-state index in [0.29, 0.717) is 24.1 Å². The van der Waals surface area contributed by atoms with Crippen molar-refractivity contribution in [2.45, 2.75) is 68.3 Å². The Kier molecular flexibility index (Phi) is 9.39. The smallest absolute Gasteiger partial charge is 0.259 e. The lowest BCUT2D eigenvalue weighted by Crippen LogP contribution is -2.63. The minimum atomic E-state index is -1.33. The summed E-state index contributed by atoms with van der Waals surface area (Å²) in [5, 5.41) is 40.7. The molecule has 1 saturated carbocycles. The molecule has 2 heterocycles. The first-order chi connectivity index (χ1) is 19.7. The van der Waals surface area contributed by atoms with E-state index in [2.05, 4.69) is 26.2 Å². The predicted molar refractivity (Wildman–Crippen MR) is 152 cm³/mol. The number of benzene rings is 2. The number of aliphatic hydroxyl groups excluding tert-OH is 3. The topological polar surface area (TPSA) is 130 Å². The van der Waals surface area contributed by atoms with Crippen molar-refractivity contribution < 1.29 is 34.0 Å². The number of aliphatic hydroxyl groups is 3. The maximum atomic E-state index is 14.4. The summed E-state index contributed by atoms with van der Waals surface area (Å²) in [6.45, 7) is -0.581. The van der Waals surface area contributed by atoms with Crippen molar-refractivity contribution in [2.75, 3.05) is 18.6 Å². The zero-order valence-corrected chi connectivity index (χ0v) is 24.5. The molecule has 0 radical (unpaired) electrons. The van der Waals surface area contributed by atoms with Crippen LogP contribution in [0.3, 0.4) is 0 Å². The van der Waals surface area contributed by atoms with Crippen molar-refractivity contribution in [2.24, 2.45) is 0 Å². The van der Waals surface area contributed by atoms with Gasteiger partial charge < -0.3 is 29.7 Å². The number of hydrogen-bond donors (Lipinski definition) is 3. The van der Waals surface area contributed by atoms with Crippen LogP contribution in [-0.4, -0.2) is 86.5 Å². The van der Waals surface area contributed by atoms with Crippen LogP contribution in [0.5, 0.6) is 0 Å². The fraction of sp³-hybridized carbons (Fsp3) is 0.464. The summed E-state index contributed by atoms with van der Waals surface area (Å²) in [6, 6.07) is 9.62. The highest BCUT2D eigenvalue weighted by atomic mass is 79.9. The molecule has 3 N–H and O–H groups in total. The number of halogens is 3. The van der Waals surface area contributed by atoms with Gasteiger partial charge in [0.2, 0.25) is 0 Å². The Bertz CT molecular complexity index is 1360. The zero-order chi connectivity index (χ0) is 29.3. The molecule has 0 spiro atoms. The standard InChI is InChI=1S/C28H31BrClFN4O6/c1-40-26-24(34-13-20(32-33-34)15-9-17(30)12-18(31)10-15)25(38)23(14-36)41-27(26)28(39)35(19-6-4-5-16(29)11-19)21-7-2-3-8-22(21)37/h4-6,9-13,21-27,36-38H,2-3,7-8,14H2,1H3/t21-,22-,23?,24?,25?,26?,27?/m0/s1. The molecule has 0 bridgehead atoms. The first-order valence-corrected chi connectivity index (χ1v) is 14.5. The molecule has 220 valence electrons. The average molecular weight is 654 g/mol. The van der Waals surface area contributed by atoms with E-state index < -0.39 is 60.9 Å². The molecule has 5 unspecified atom stereocenters. The van der Waals surface area contributed by atoms with Crippen LogP contribution in [0, 0.1) is 5.82 Å². The monoisotopic (exact) mass is 652 g/mol. The van der Waals surface area contributed by atoms with E-state index in [1.165, 1.54) is 41.1 Å². The maximum absolute atomic E-state index is 14.4. The van der Waals surface area contributed by atoms with Gasteiger partial charge in [0, 0.05) is 27.9 Å². The molecule has 1 aliphatic carbocycles. The van der Waals surface area contributed by atoms with Crippen molar-refractivity contribution in [3.05, 3.63) is 64.0 Å². The summed E-state index contributed by atoms with van der Waals surface area (Å²) in [5.74, 6) is -1.04. The molecule has 41 heavy (non-hydrogen) atoms. The molecule has 1 aliphatic heterocycles. The first kappa shape index (κ1) is 30.0. The minimum absolute atomic E-state index is 0.180. The van der Waals surface area contributed by atoms with Crippen molar-refractivity contribution >= 4 is 39.1 Å². The van der Waals surface area contributed by atoms with Crippen molar-refractivity contribution in [3.63, 3.8) is 0 Å². The Balaban J connectivity index is 1.53. The van der Waals surface area contributed by atoms with Crippen LogP contribution < -0.4 is 4.90 Å². The number of ether oxygens (including phenoxy) is 2. The number of carbonyl (C=O) groups excluding carboxylic acids is 1. The van der Waals surface area contributed by atoms with Crippen LogP contribution in [0.1, 0.15) is 31.7 Å². The van der Waals surface area contributed by atoms with Gasteiger partial charge in [-0.3, -0.25) is 4.79 Å². The Labute approximate surface area is 249 Å². The molecule has 1 aromatic heterocycles. The molecule has 3 aromatic rings. The number of rotatable bonds is 7. The highest BCUT2D eigenvalue weighted by Gasteiger charge is 2.52. The van der Waals surface area contributed by atoms with Gasteiger partial charge in [0.05, 0.1) is 24.9 Å². The molecule has 2 fully saturated rings. The van der Waals surface area contributed by atoms with E-state index >= 15 is 0 Å². The summed E-state index contributed by atoms with van der Waals surface area (Å²) < 4.78 is 27.9. The molecule has 2 aliphatic rings. The zero-order valence-electron chi connectivity index (χ0n) is 22.2. The van der Waals surface area contributed by atoms with Gasteiger partial charge in [0.1, 0.15) is 35.9 Å². The van der Waals surface area contributed by atoms with Gasteiger partial charge in [-0.05, 0) is 49.2 Å². The van der Waals surface area contributed by atoms with Gasteiger partial charge in [0.15, 0.2) is 6.10 Å². The highest BCUT2D eigenvalue weighted by Crippen LogP contribution is 2.37. The molecule has 5 rings (SSSR count). The number of carbonyl (C=O) groups is 1. The summed E-state index contributed by atoms with van der Waals surface area (Å²) in [5.41, 5.74) is 1.21. The Morgan fingerprint density at radius 3 is 2.71 bits per heavy atom. The molecular formula is C28H31BrClFN4O6. The summed E-state index contributed by atoms with van der Waals surface area (Å²) in [7, 11) is 1.39. The number of amides is 1. The van der Waals surface area contributed by atoms with Gasteiger partial charge in [0.25, 0.3) is 5.91 Å². The molecule has 10 nitrogen and oxygen atoms in total. The van der Waals surface area contributed by atoms with Gasteiger partial charge in [-0.2, -0.15) is 0 Å². The molecular weight excluding hydrogens is 623 g/mol. The third-order valence-electron chi connectivity index (χ3n) is 7.71. The summed E-state index contributed by atoms with van der Waals surface area (Å²) in [4.78, 5) is 15.9. The number of aromatic nitrogens is 3. The second-order valence-corrected chi connectivity index (χ2v) is 11.7. The van der Waals surface area contributed by atoms with Crippen molar-refractivity contribution in [1.29, 1.82) is 0 Å². The van der Waals surface area contributed by atoms with E-state index in [0.717, 1.165) is 17.3 Å². The van der Waals surface area contributed by atoms with Crippen LogP contribution in [0.2, 0.25) is 5.02 Å². The summed E-state index contributed by atoms with van der Waals surface area (Å²) in [6.07, 6.45) is -1.27. The Hall–Kier alpha value is -2.45. The number of nitrogens with zero attached hydrogens (tertiary/aromatic N) is 4. The van der Waals surface area contributed by atoms with E-state index in [1.54, 1.807) is 18.2 Å². The number of anilines is 1. The fourth-order valence-electron chi connectivity index (χ4n) is 5.75.